The molecule has 2 unspecified atom stereocenters. The van der Waals surface area contributed by atoms with Gasteiger partial charge in [-0.1, -0.05) is 0 Å². The van der Waals surface area contributed by atoms with E-state index in [1.807, 2.05) is 36.7 Å². The third-order valence-electron chi connectivity index (χ3n) is 5.34. The van der Waals surface area contributed by atoms with Gasteiger partial charge in [0.25, 0.3) is 0 Å². The topological polar surface area (TPSA) is 94.8 Å². The molecular formula is C21H33IN6O3. The predicted octanol–water partition coefficient (Wildman–Crippen LogP) is 2.73. The Kier molecular flexibility index (Phi) is 9.82. The Morgan fingerprint density at radius 1 is 1.32 bits per heavy atom. The molecule has 0 saturated carbocycles. The van der Waals surface area contributed by atoms with Crippen molar-refractivity contribution in [3.63, 3.8) is 0 Å². The van der Waals surface area contributed by atoms with E-state index in [0.717, 1.165) is 48.2 Å². The number of aromatic nitrogens is 3. The van der Waals surface area contributed by atoms with Crippen molar-refractivity contribution in [2.45, 2.75) is 45.4 Å². The average Bonchev–Trinajstić information content (AvgIpc) is 3.40. The number of hydrogen-bond donors (Lipinski definition) is 2. The van der Waals surface area contributed by atoms with E-state index in [4.69, 9.17) is 19.2 Å². The number of nitrogens with zero attached hydrogens (tertiary/aromatic N) is 4. The van der Waals surface area contributed by atoms with Crippen LogP contribution in [0.2, 0.25) is 0 Å². The highest BCUT2D eigenvalue weighted by Crippen LogP contribution is 2.29. The van der Waals surface area contributed by atoms with E-state index < -0.39 is 0 Å². The van der Waals surface area contributed by atoms with E-state index in [0.29, 0.717) is 19.0 Å². The van der Waals surface area contributed by atoms with Crippen LogP contribution in [-0.4, -0.2) is 54.2 Å². The third kappa shape index (κ3) is 6.70. The minimum absolute atomic E-state index is 0. The zero-order chi connectivity index (χ0) is 21.5. The van der Waals surface area contributed by atoms with Gasteiger partial charge in [-0.3, -0.25) is 0 Å². The Morgan fingerprint density at radius 2 is 2.13 bits per heavy atom. The molecule has 2 heterocycles. The number of benzene rings is 1. The molecule has 1 aliphatic heterocycles. The second-order valence-electron chi connectivity index (χ2n) is 7.38. The fourth-order valence-corrected chi connectivity index (χ4v) is 3.37. The van der Waals surface area contributed by atoms with Gasteiger partial charge in [0, 0.05) is 25.8 Å². The summed E-state index contributed by atoms with van der Waals surface area (Å²) in [6, 6.07) is 5.70. The molecule has 0 aliphatic carbocycles. The third-order valence-corrected chi connectivity index (χ3v) is 5.34. The van der Waals surface area contributed by atoms with Crippen LogP contribution in [-0.2, 0) is 18.3 Å². The minimum atomic E-state index is -0.0629. The fourth-order valence-electron chi connectivity index (χ4n) is 3.37. The van der Waals surface area contributed by atoms with Crippen LogP contribution in [0.4, 0.5) is 0 Å². The first kappa shape index (κ1) is 25.2. The van der Waals surface area contributed by atoms with Gasteiger partial charge >= 0.3 is 0 Å². The molecule has 0 amide bonds. The first-order chi connectivity index (χ1) is 14.5. The van der Waals surface area contributed by atoms with Gasteiger partial charge in [0.1, 0.15) is 23.9 Å². The first-order valence-corrected chi connectivity index (χ1v) is 10.2. The number of methoxy groups -OCH3 is 2. The van der Waals surface area contributed by atoms with E-state index >= 15 is 0 Å². The van der Waals surface area contributed by atoms with Gasteiger partial charge in [-0.05, 0) is 44.9 Å². The number of aryl methyl sites for hydroxylation is 1. The molecule has 2 N–H and O–H groups in total. The van der Waals surface area contributed by atoms with Crippen molar-refractivity contribution in [3.8, 4) is 11.5 Å². The van der Waals surface area contributed by atoms with Crippen LogP contribution in [0.25, 0.3) is 0 Å². The summed E-state index contributed by atoms with van der Waals surface area (Å²) in [5.74, 6) is 3.91. The quantitative estimate of drug-likeness (QED) is 0.300. The molecule has 10 heteroatoms. The normalized spacial score (nSPS) is 17.1. The van der Waals surface area contributed by atoms with Gasteiger partial charge in [0.05, 0.1) is 26.4 Å². The summed E-state index contributed by atoms with van der Waals surface area (Å²) < 4.78 is 18.6. The van der Waals surface area contributed by atoms with Crippen molar-refractivity contribution in [2.75, 3.05) is 27.4 Å². The average molecular weight is 544 g/mol. The van der Waals surface area contributed by atoms with Crippen molar-refractivity contribution < 1.29 is 14.2 Å². The fraction of sp³-hybridized carbons (Fsp3) is 0.571. The summed E-state index contributed by atoms with van der Waals surface area (Å²) in [6.07, 6.45) is 2.36. The second-order valence-corrected chi connectivity index (χ2v) is 7.38. The van der Waals surface area contributed by atoms with E-state index in [9.17, 15) is 0 Å². The summed E-state index contributed by atoms with van der Waals surface area (Å²) >= 11 is 0. The lowest BCUT2D eigenvalue weighted by molar-refractivity contribution is 0.113. The van der Waals surface area contributed by atoms with Gasteiger partial charge < -0.3 is 29.4 Å². The van der Waals surface area contributed by atoms with Crippen molar-refractivity contribution in [1.29, 1.82) is 0 Å². The van der Waals surface area contributed by atoms with Gasteiger partial charge in [0.2, 0.25) is 0 Å². The molecule has 1 saturated heterocycles. The number of hydrogen-bond acceptors (Lipinski definition) is 6. The van der Waals surface area contributed by atoms with Crippen LogP contribution in [0.3, 0.4) is 0 Å². The van der Waals surface area contributed by atoms with Crippen LogP contribution in [0.5, 0.6) is 11.5 Å². The number of aliphatic imine (C=N–C) groups is 1. The lowest BCUT2D eigenvalue weighted by atomic mass is 10.1. The van der Waals surface area contributed by atoms with Crippen molar-refractivity contribution in [3.05, 3.63) is 35.4 Å². The van der Waals surface area contributed by atoms with Crippen LogP contribution >= 0.6 is 24.0 Å². The molecule has 1 aromatic heterocycles. The lowest BCUT2D eigenvalue weighted by Gasteiger charge is -2.22. The Morgan fingerprint density at radius 3 is 2.74 bits per heavy atom. The Balaban J connectivity index is 0.00000341. The molecule has 0 bridgehead atoms. The Bertz CT molecular complexity index is 867. The number of guanidine groups is 1. The van der Waals surface area contributed by atoms with Crippen molar-refractivity contribution in [1.82, 2.24) is 25.4 Å². The molecule has 2 atom stereocenters. The maximum Gasteiger partial charge on any atom is 0.192 e. The standard InChI is InChI=1S/C21H32N6O3.HI/c1-14(18-11-16(28-4)8-9-19(18)29-5)24-21(22-12-17-7-6-10-30-17)23-13-20-26-25-15(2)27(20)3;/h8-9,11,14,17H,6-7,10,12-13H2,1-5H3,(H2,22,23,24);1H. The maximum atomic E-state index is 5.74. The van der Waals surface area contributed by atoms with Crippen LogP contribution in [0, 0.1) is 6.92 Å². The largest absolute Gasteiger partial charge is 0.497 e. The van der Waals surface area contributed by atoms with Crippen molar-refractivity contribution >= 4 is 29.9 Å². The summed E-state index contributed by atoms with van der Waals surface area (Å²) in [4.78, 5) is 4.74. The van der Waals surface area contributed by atoms with Crippen LogP contribution in [0.1, 0.15) is 43.0 Å². The first-order valence-electron chi connectivity index (χ1n) is 10.2. The number of rotatable bonds is 8. The zero-order valence-corrected chi connectivity index (χ0v) is 21.2. The molecule has 1 aliphatic rings. The highest BCUT2D eigenvalue weighted by Gasteiger charge is 2.18. The van der Waals surface area contributed by atoms with E-state index in [1.54, 1.807) is 14.2 Å². The van der Waals surface area contributed by atoms with E-state index in [2.05, 4.69) is 27.8 Å². The minimum Gasteiger partial charge on any atom is -0.497 e. The molecule has 0 radical (unpaired) electrons. The summed E-state index contributed by atoms with van der Waals surface area (Å²) in [6.45, 7) is 5.92. The van der Waals surface area contributed by atoms with Crippen LogP contribution in [0.15, 0.2) is 23.2 Å². The molecule has 1 aromatic carbocycles. The second kappa shape index (κ2) is 12.1. The van der Waals surface area contributed by atoms with E-state index in [-0.39, 0.29) is 36.1 Å². The molecule has 2 aromatic rings. The Hall–Kier alpha value is -2.08. The molecule has 0 spiro atoms. The van der Waals surface area contributed by atoms with Crippen molar-refractivity contribution in [2.24, 2.45) is 12.0 Å². The van der Waals surface area contributed by atoms with Gasteiger partial charge in [-0.2, -0.15) is 0 Å². The summed E-state index contributed by atoms with van der Waals surface area (Å²) in [7, 11) is 5.26. The number of halogens is 1. The predicted molar refractivity (Wildman–Crippen MR) is 130 cm³/mol. The summed E-state index contributed by atoms with van der Waals surface area (Å²) in [5, 5.41) is 15.2. The molecule has 31 heavy (non-hydrogen) atoms. The van der Waals surface area contributed by atoms with Crippen LogP contribution < -0.4 is 20.1 Å². The monoisotopic (exact) mass is 544 g/mol. The highest BCUT2D eigenvalue weighted by atomic mass is 127. The maximum absolute atomic E-state index is 5.74. The van der Waals surface area contributed by atoms with E-state index in [1.165, 1.54) is 0 Å². The molecule has 3 rings (SSSR count). The molecule has 172 valence electrons. The SMILES string of the molecule is COc1ccc(OC)c(C(C)NC(=NCc2nnc(C)n2C)NCC2CCCO2)c1.I. The smallest absolute Gasteiger partial charge is 0.192 e. The number of ether oxygens (including phenoxy) is 3. The lowest BCUT2D eigenvalue weighted by Crippen LogP contribution is -2.42. The Labute approximate surface area is 201 Å². The van der Waals surface area contributed by atoms with Gasteiger partial charge in [0.15, 0.2) is 11.8 Å². The molecular weight excluding hydrogens is 511 g/mol. The summed E-state index contributed by atoms with van der Waals surface area (Å²) in [5.41, 5.74) is 0.984. The van der Waals surface area contributed by atoms with Gasteiger partial charge in [-0.15, -0.1) is 34.2 Å². The molecule has 9 nitrogen and oxygen atoms in total. The molecule has 1 fully saturated rings. The highest BCUT2D eigenvalue weighted by molar-refractivity contribution is 14.0. The van der Waals surface area contributed by atoms with Gasteiger partial charge in [-0.25, -0.2) is 4.99 Å². The zero-order valence-electron chi connectivity index (χ0n) is 18.8. The number of nitrogens with one attached hydrogen (secondary N) is 2.